The van der Waals surface area contributed by atoms with E-state index in [1.165, 1.54) is 16.7 Å². The fourth-order valence-electron chi connectivity index (χ4n) is 2.02. The van der Waals surface area contributed by atoms with Gasteiger partial charge in [0.05, 0.1) is 17.1 Å². The van der Waals surface area contributed by atoms with Gasteiger partial charge in [-0.1, -0.05) is 23.2 Å². The molecule has 0 bridgehead atoms. The normalized spacial score (nSPS) is 10.3. The summed E-state index contributed by atoms with van der Waals surface area (Å²) in [6.45, 7) is -0.0821. The molecule has 0 heterocycles. The number of rotatable bonds is 5. The summed E-state index contributed by atoms with van der Waals surface area (Å²) in [6.07, 6.45) is 1.92. The Morgan fingerprint density at radius 2 is 1.79 bits per heavy atom. The number of nitrogens with one attached hydrogen (secondary N) is 1. The van der Waals surface area contributed by atoms with Crippen LogP contribution >= 0.6 is 35.0 Å². The zero-order chi connectivity index (χ0) is 17.7. The third kappa shape index (κ3) is 4.90. The van der Waals surface area contributed by atoms with E-state index in [0.29, 0.717) is 21.3 Å². The number of likely N-dealkylation sites (N-methyl/N-ethyl adjacent to an activating group) is 1. The van der Waals surface area contributed by atoms with E-state index in [1.54, 1.807) is 43.4 Å². The number of nitrogens with zero attached hydrogens (tertiary/aromatic N) is 1. The molecule has 0 saturated carbocycles. The summed E-state index contributed by atoms with van der Waals surface area (Å²) in [4.78, 5) is 26.8. The van der Waals surface area contributed by atoms with Gasteiger partial charge in [0.2, 0.25) is 5.91 Å². The maximum atomic E-state index is 12.5. The van der Waals surface area contributed by atoms with E-state index in [2.05, 4.69) is 5.32 Å². The molecule has 4 nitrogen and oxygen atoms in total. The average molecular weight is 383 g/mol. The molecule has 126 valence electrons. The van der Waals surface area contributed by atoms with Crippen LogP contribution < -0.4 is 5.32 Å². The Kier molecular flexibility index (Phi) is 6.54. The lowest BCUT2D eigenvalue weighted by Gasteiger charge is -2.18. The maximum Gasteiger partial charge on any atom is 0.255 e. The van der Waals surface area contributed by atoms with E-state index in [-0.39, 0.29) is 18.4 Å². The van der Waals surface area contributed by atoms with Crippen molar-refractivity contribution in [3.63, 3.8) is 0 Å². The van der Waals surface area contributed by atoms with Gasteiger partial charge in [-0.3, -0.25) is 9.59 Å². The molecule has 0 saturated heterocycles. The molecule has 2 aromatic rings. The van der Waals surface area contributed by atoms with Gasteiger partial charge in [0, 0.05) is 22.7 Å². The molecule has 24 heavy (non-hydrogen) atoms. The van der Waals surface area contributed by atoms with Crippen LogP contribution in [-0.2, 0) is 4.79 Å². The first-order valence-corrected chi connectivity index (χ1v) is 9.03. The second-order valence-electron chi connectivity index (χ2n) is 5.06. The number of carbonyl (C=O) groups is 2. The summed E-state index contributed by atoms with van der Waals surface area (Å²) in [5.74, 6) is -0.604. The minimum atomic E-state index is -0.304. The summed E-state index contributed by atoms with van der Waals surface area (Å²) >= 11 is 13.4. The predicted octanol–water partition coefficient (Wildman–Crippen LogP) is 4.43. The summed E-state index contributed by atoms with van der Waals surface area (Å²) in [6, 6.07) is 12.0. The van der Waals surface area contributed by atoms with Gasteiger partial charge in [-0.05, 0) is 48.7 Å². The van der Waals surface area contributed by atoms with Crippen molar-refractivity contribution in [1.29, 1.82) is 0 Å². The number of hydrogen-bond acceptors (Lipinski definition) is 3. The van der Waals surface area contributed by atoms with Gasteiger partial charge in [-0.15, -0.1) is 11.8 Å². The van der Waals surface area contributed by atoms with Gasteiger partial charge in [-0.2, -0.15) is 0 Å². The molecule has 0 aromatic heterocycles. The van der Waals surface area contributed by atoms with Crippen LogP contribution in [0.25, 0.3) is 0 Å². The van der Waals surface area contributed by atoms with Crippen molar-refractivity contribution in [2.45, 2.75) is 4.90 Å². The number of hydrogen-bond donors (Lipinski definition) is 1. The van der Waals surface area contributed by atoms with Gasteiger partial charge < -0.3 is 10.2 Å². The Morgan fingerprint density at radius 1 is 1.12 bits per heavy atom. The number of anilines is 1. The van der Waals surface area contributed by atoms with Crippen LogP contribution in [0.2, 0.25) is 10.0 Å². The van der Waals surface area contributed by atoms with E-state index in [1.807, 2.05) is 12.3 Å². The summed E-state index contributed by atoms with van der Waals surface area (Å²) in [7, 11) is 1.56. The fraction of sp³-hybridized carbons (Fsp3) is 0.176. The highest BCUT2D eigenvalue weighted by Crippen LogP contribution is 2.24. The molecule has 0 fully saturated rings. The Balaban J connectivity index is 2.03. The third-order valence-electron chi connectivity index (χ3n) is 3.26. The van der Waals surface area contributed by atoms with Crippen molar-refractivity contribution >= 4 is 52.5 Å². The maximum absolute atomic E-state index is 12.5. The van der Waals surface area contributed by atoms with Crippen LogP contribution in [0.4, 0.5) is 5.69 Å². The molecule has 7 heteroatoms. The summed E-state index contributed by atoms with van der Waals surface area (Å²) < 4.78 is 0. The lowest BCUT2D eigenvalue weighted by Crippen LogP contribution is -2.35. The Bertz CT molecular complexity index is 751. The second kappa shape index (κ2) is 8.42. The van der Waals surface area contributed by atoms with Crippen LogP contribution in [-0.4, -0.2) is 36.6 Å². The van der Waals surface area contributed by atoms with Crippen molar-refractivity contribution < 1.29 is 9.59 Å². The van der Waals surface area contributed by atoms with Crippen LogP contribution in [0.5, 0.6) is 0 Å². The van der Waals surface area contributed by atoms with Crippen LogP contribution in [0.1, 0.15) is 10.4 Å². The molecule has 2 rings (SSSR count). The first-order valence-electron chi connectivity index (χ1n) is 7.05. The van der Waals surface area contributed by atoms with Gasteiger partial charge in [-0.25, -0.2) is 0 Å². The van der Waals surface area contributed by atoms with Crippen molar-refractivity contribution in [2.75, 3.05) is 25.2 Å². The van der Waals surface area contributed by atoms with Gasteiger partial charge in [0.1, 0.15) is 0 Å². The van der Waals surface area contributed by atoms with E-state index in [9.17, 15) is 9.59 Å². The lowest BCUT2D eigenvalue weighted by atomic mass is 10.2. The quantitative estimate of drug-likeness (QED) is 0.778. The van der Waals surface area contributed by atoms with Gasteiger partial charge >= 0.3 is 0 Å². The van der Waals surface area contributed by atoms with Crippen molar-refractivity contribution in [2.24, 2.45) is 0 Å². The molecule has 1 N–H and O–H groups in total. The molecule has 0 atom stereocenters. The summed E-state index contributed by atoms with van der Waals surface area (Å²) in [5, 5.41) is 3.67. The Morgan fingerprint density at radius 3 is 2.42 bits per heavy atom. The molecular weight excluding hydrogens is 367 g/mol. The molecule has 0 aliphatic carbocycles. The molecule has 2 aromatic carbocycles. The standard InChI is InChI=1S/C17H16Cl2N2O2S/c1-21(10-16(22)20-12-5-3-11(18)4-6-12)17(23)14-9-13(24-2)7-8-15(14)19/h3-9H,10H2,1-2H3,(H,20,22). The number of halogens is 2. The van der Waals surface area contributed by atoms with E-state index in [0.717, 1.165) is 4.90 Å². The molecular formula is C17H16Cl2N2O2S. The van der Waals surface area contributed by atoms with E-state index >= 15 is 0 Å². The van der Waals surface area contributed by atoms with E-state index < -0.39 is 0 Å². The zero-order valence-electron chi connectivity index (χ0n) is 13.2. The Hall–Kier alpha value is -1.69. The topological polar surface area (TPSA) is 49.4 Å². The smallest absolute Gasteiger partial charge is 0.255 e. The predicted molar refractivity (Wildman–Crippen MR) is 100 cm³/mol. The van der Waals surface area contributed by atoms with E-state index in [4.69, 9.17) is 23.2 Å². The first kappa shape index (κ1) is 18.6. The van der Waals surface area contributed by atoms with Crippen molar-refractivity contribution in [1.82, 2.24) is 4.90 Å². The van der Waals surface area contributed by atoms with Gasteiger partial charge in [0.25, 0.3) is 5.91 Å². The fourth-order valence-corrected chi connectivity index (χ4v) is 2.79. The van der Waals surface area contributed by atoms with Crippen LogP contribution in [0, 0.1) is 0 Å². The number of amides is 2. The molecule has 0 unspecified atom stereocenters. The van der Waals surface area contributed by atoms with Crippen LogP contribution in [0.15, 0.2) is 47.4 Å². The zero-order valence-corrected chi connectivity index (χ0v) is 15.5. The Labute approximate surface area is 155 Å². The second-order valence-corrected chi connectivity index (χ2v) is 6.79. The largest absolute Gasteiger partial charge is 0.332 e. The lowest BCUT2D eigenvalue weighted by molar-refractivity contribution is -0.116. The number of carbonyl (C=O) groups excluding carboxylic acids is 2. The van der Waals surface area contributed by atoms with Crippen molar-refractivity contribution in [3.05, 3.63) is 58.1 Å². The van der Waals surface area contributed by atoms with Crippen molar-refractivity contribution in [3.8, 4) is 0 Å². The SMILES string of the molecule is CSc1ccc(Cl)c(C(=O)N(C)CC(=O)Nc2ccc(Cl)cc2)c1. The average Bonchev–Trinajstić information content (AvgIpc) is 2.56. The monoisotopic (exact) mass is 382 g/mol. The van der Waals surface area contributed by atoms with Gasteiger partial charge in [0.15, 0.2) is 0 Å². The molecule has 2 amide bonds. The minimum Gasteiger partial charge on any atom is -0.332 e. The highest BCUT2D eigenvalue weighted by atomic mass is 35.5. The molecule has 0 spiro atoms. The molecule has 0 aliphatic rings. The molecule has 0 radical (unpaired) electrons. The first-order chi connectivity index (χ1) is 11.4. The highest BCUT2D eigenvalue weighted by molar-refractivity contribution is 7.98. The number of thioether (sulfide) groups is 1. The van der Waals surface area contributed by atoms with Crippen LogP contribution in [0.3, 0.4) is 0 Å². The third-order valence-corrected chi connectivity index (χ3v) is 4.57. The highest BCUT2D eigenvalue weighted by Gasteiger charge is 2.18. The number of benzene rings is 2. The summed E-state index contributed by atoms with van der Waals surface area (Å²) in [5.41, 5.74) is 0.998. The molecule has 0 aliphatic heterocycles. The minimum absolute atomic E-state index is 0.0821.